The van der Waals surface area contributed by atoms with Gasteiger partial charge in [-0.15, -0.1) is 0 Å². The molecule has 0 radical (unpaired) electrons. The highest BCUT2D eigenvalue weighted by Gasteiger charge is 2.15. The Balaban J connectivity index is 0. The number of aldehydes is 1. The van der Waals surface area contributed by atoms with Gasteiger partial charge in [-0.2, -0.15) is 0 Å². The minimum Gasteiger partial charge on any atom is -0.389 e. The van der Waals surface area contributed by atoms with Gasteiger partial charge in [0.25, 0.3) is 0 Å². The van der Waals surface area contributed by atoms with E-state index >= 15 is 0 Å². The van der Waals surface area contributed by atoms with Crippen LogP contribution < -0.4 is 10.6 Å². The Morgan fingerprint density at radius 3 is 2.12 bits per heavy atom. The first kappa shape index (κ1) is 17.9. The van der Waals surface area contributed by atoms with Gasteiger partial charge in [-0.25, -0.2) is 0 Å². The molecule has 0 fully saturated rings. The zero-order valence-electron chi connectivity index (χ0n) is 9.93. The molecule has 17 heavy (non-hydrogen) atoms. The molecule has 0 heterocycles. The minimum absolute atomic E-state index is 0.0215. The molecular formula is C11H20N2O4. The number of rotatable bonds is 7. The number of allylic oxidation sites excluding steroid dienone is 1. The molecule has 1 amide bonds. The van der Waals surface area contributed by atoms with Crippen molar-refractivity contribution in [1.29, 1.82) is 0 Å². The predicted octanol–water partition coefficient (Wildman–Crippen LogP) is -1.40. The van der Waals surface area contributed by atoms with Crippen molar-refractivity contribution in [2.45, 2.75) is 12.2 Å². The van der Waals surface area contributed by atoms with Crippen LogP contribution in [0.3, 0.4) is 0 Å². The molecule has 6 heteroatoms. The van der Waals surface area contributed by atoms with Crippen LogP contribution in [-0.4, -0.2) is 54.8 Å². The molecule has 0 aliphatic carbocycles. The monoisotopic (exact) mass is 244 g/mol. The van der Waals surface area contributed by atoms with Crippen LogP contribution in [0.15, 0.2) is 25.3 Å². The zero-order chi connectivity index (χ0) is 13.7. The lowest BCUT2D eigenvalue weighted by atomic mass is 10.2. The van der Waals surface area contributed by atoms with Gasteiger partial charge in [0.05, 0.1) is 12.2 Å². The van der Waals surface area contributed by atoms with E-state index in [1.54, 1.807) is 7.05 Å². The molecule has 98 valence electrons. The van der Waals surface area contributed by atoms with Crippen LogP contribution in [0.2, 0.25) is 0 Å². The summed E-state index contributed by atoms with van der Waals surface area (Å²) in [6.45, 7) is 6.67. The molecule has 2 unspecified atom stereocenters. The Kier molecular flexibility index (Phi) is 13.2. The third-order valence-electron chi connectivity index (χ3n) is 1.62. The second kappa shape index (κ2) is 12.6. The summed E-state index contributed by atoms with van der Waals surface area (Å²) >= 11 is 0. The predicted molar refractivity (Wildman–Crippen MR) is 65.4 cm³/mol. The van der Waals surface area contributed by atoms with E-state index in [4.69, 9.17) is 4.79 Å². The largest absolute Gasteiger partial charge is 0.389 e. The van der Waals surface area contributed by atoms with Crippen LogP contribution in [0.1, 0.15) is 0 Å². The number of aliphatic hydroxyl groups is 2. The summed E-state index contributed by atoms with van der Waals surface area (Å²) in [5, 5.41) is 23.6. The van der Waals surface area contributed by atoms with Crippen LogP contribution in [-0.2, 0) is 9.59 Å². The summed E-state index contributed by atoms with van der Waals surface area (Å²) in [6, 6.07) is 0. The Morgan fingerprint density at radius 1 is 1.29 bits per heavy atom. The molecule has 0 saturated carbocycles. The Morgan fingerprint density at radius 2 is 1.76 bits per heavy atom. The van der Waals surface area contributed by atoms with E-state index in [0.29, 0.717) is 6.29 Å². The molecule has 2 atom stereocenters. The molecule has 0 aromatic heterocycles. The van der Waals surface area contributed by atoms with E-state index in [9.17, 15) is 15.0 Å². The lowest BCUT2D eigenvalue weighted by Gasteiger charge is -2.17. The standard InChI is InChI=1S/C8H16N2O3.C3H4O/c1-3-8(13)10-5-7(12)6(11)4-9-2;1-2-3-4/h3,6-7,9,11-12H,1,4-5H2,2H3,(H,10,13);2-3H,1H2. The lowest BCUT2D eigenvalue weighted by molar-refractivity contribution is -0.117. The van der Waals surface area contributed by atoms with Gasteiger partial charge in [0.15, 0.2) is 0 Å². The van der Waals surface area contributed by atoms with Crippen LogP contribution in [0, 0.1) is 0 Å². The molecule has 0 aliphatic heterocycles. The summed E-state index contributed by atoms with van der Waals surface area (Å²) < 4.78 is 0. The second-order valence-electron chi connectivity index (χ2n) is 3.01. The van der Waals surface area contributed by atoms with Gasteiger partial charge in [-0.1, -0.05) is 13.2 Å². The molecule has 0 aromatic rings. The molecule has 0 spiro atoms. The summed E-state index contributed by atoms with van der Waals surface area (Å²) in [7, 11) is 1.66. The maximum absolute atomic E-state index is 10.7. The molecule has 0 bridgehead atoms. The Bertz CT molecular complexity index is 238. The van der Waals surface area contributed by atoms with Gasteiger partial charge >= 0.3 is 0 Å². The highest BCUT2D eigenvalue weighted by atomic mass is 16.3. The topological polar surface area (TPSA) is 98.7 Å². The number of nitrogens with one attached hydrogen (secondary N) is 2. The number of amides is 1. The average molecular weight is 244 g/mol. The van der Waals surface area contributed by atoms with Crippen molar-refractivity contribution >= 4 is 12.2 Å². The average Bonchev–Trinajstić information content (AvgIpc) is 2.35. The van der Waals surface area contributed by atoms with Gasteiger partial charge in [0, 0.05) is 13.1 Å². The van der Waals surface area contributed by atoms with E-state index < -0.39 is 12.2 Å². The molecule has 4 N–H and O–H groups in total. The fourth-order valence-corrected chi connectivity index (χ4v) is 0.759. The van der Waals surface area contributed by atoms with Crippen molar-refractivity contribution in [2.24, 2.45) is 0 Å². The van der Waals surface area contributed by atoms with Crippen molar-refractivity contribution in [2.75, 3.05) is 20.1 Å². The number of likely N-dealkylation sites (N-methyl/N-ethyl adjacent to an activating group) is 1. The van der Waals surface area contributed by atoms with Gasteiger partial charge in [0.1, 0.15) is 6.29 Å². The zero-order valence-corrected chi connectivity index (χ0v) is 9.93. The Hall–Kier alpha value is -1.50. The molecular weight excluding hydrogens is 224 g/mol. The fraction of sp³-hybridized carbons (Fsp3) is 0.455. The maximum Gasteiger partial charge on any atom is 0.243 e. The summed E-state index contributed by atoms with van der Waals surface area (Å²) in [5.74, 6) is -0.365. The fourth-order valence-electron chi connectivity index (χ4n) is 0.759. The third kappa shape index (κ3) is 12.4. The van der Waals surface area contributed by atoms with Gasteiger partial charge < -0.3 is 20.8 Å². The smallest absolute Gasteiger partial charge is 0.243 e. The number of carbonyl (C=O) groups is 2. The van der Waals surface area contributed by atoms with Crippen molar-refractivity contribution in [1.82, 2.24) is 10.6 Å². The van der Waals surface area contributed by atoms with Crippen LogP contribution in [0.5, 0.6) is 0 Å². The van der Waals surface area contributed by atoms with Crippen molar-refractivity contribution in [3.8, 4) is 0 Å². The second-order valence-corrected chi connectivity index (χ2v) is 3.01. The maximum atomic E-state index is 10.7. The van der Waals surface area contributed by atoms with E-state index in [0.717, 1.165) is 6.08 Å². The normalized spacial score (nSPS) is 12.4. The van der Waals surface area contributed by atoms with Crippen molar-refractivity contribution in [3.05, 3.63) is 25.3 Å². The lowest BCUT2D eigenvalue weighted by Crippen LogP contribution is -2.42. The summed E-state index contributed by atoms with van der Waals surface area (Å²) in [5.41, 5.74) is 0. The SMILES string of the molecule is C=CC(=O)NCC(O)C(O)CNC.C=CC=O. The summed E-state index contributed by atoms with van der Waals surface area (Å²) in [6.07, 6.45) is 1.10. The van der Waals surface area contributed by atoms with E-state index in [1.807, 2.05) is 0 Å². The van der Waals surface area contributed by atoms with Crippen LogP contribution >= 0.6 is 0 Å². The number of hydrogen-bond acceptors (Lipinski definition) is 5. The summed E-state index contributed by atoms with van der Waals surface area (Å²) in [4.78, 5) is 19.7. The molecule has 0 saturated heterocycles. The van der Waals surface area contributed by atoms with Crippen molar-refractivity contribution < 1.29 is 19.8 Å². The highest BCUT2D eigenvalue weighted by Crippen LogP contribution is 1.89. The number of aliphatic hydroxyl groups excluding tert-OH is 2. The molecule has 6 nitrogen and oxygen atoms in total. The first-order chi connectivity index (χ1) is 8.03. The number of carbonyl (C=O) groups excluding carboxylic acids is 2. The van der Waals surface area contributed by atoms with Crippen LogP contribution in [0.4, 0.5) is 0 Å². The molecule has 0 aliphatic rings. The van der Waals surface area contributed by atoms with Gasteiger partial charge in [0.2, 0.25) is 5.91 Å². The van der Waals surface area contributed by atoms with Gasteiger partial charge in [-0.3, -0.25) is 9.59 Å². The van der Waals surface area contributed by atoms with Gasteiger partial charge in [-0.05, 0) is 19.2 Å². The number of hydrogen-bond donors (Lipinski definition) is 4. The third-order valence-corrected chi connectivity index (χ3v) is 1.62. The molecule has 0 rings (SSSR count). The van der Waals surface area contributed by atoms with E-state index in [1.165, 1.54) is 6.08 Å². The van der Waals surface area contributed by atoms with Crippen molar-refractivity contribution in [3.63, 3.8) is 0 Å². The quantitative estimate of drug-likeness (QED) is 0.326. The minimum atomic E-state index is -0.962. The van der Waals surface area contributed by atoms with E-state index in [2.05, 4.69) is 23.8 Å². The highest BCUT2D eigenvalue weighted by molar-refractivity contribution is 5.86. The first-order valence-corrected chi connectivity index (χ1v) is 5.00. The Labute approximate surface area is 101 Å². The first-order valence-electron chi connectivity index (χ1n) is 5.00. The van der Waals surface area contributed by atoms with E-state index in [-0.39, 0.29) is 19.0 Å². The molecule has 0 aromatic carbocycles. The van der Waals surface area contributed by atoms with Crippen LogP contribution in [0.25, 0.3) is 0 Å².